The lowest BCUT2D eigenvalue weighted by molar-refractivity contribution is -0.160. The van der Waals surface area contributed by atoms with Crippen molar-refractivity contribution >= 4 is 11.7 Å². The lowest BCUT2D eigenvalue weighted by Crippen LogP contribution is -2.00. The fraction of sp³-hybridized carbons (Fsp3) is 0. The maximum atomic E-state index is 10.6. The van der Waals surface area contributed by atoms with Crippen molar-refractivity contribution in [2.45, 2.75) is 0 Å². The Morgan fingerprint density at radius 1 is 1.50 bits per heavy atom. The van der Waals surface area contributed by atoms with E-state index in [2.05, 4.69) is 15.4 Å². The van der Waals surface area contributed by atoms with E-state index >= 15 is 0 Å². The first-order chi connectivity index (χ1) is 5.79. The van der Waals surface area contributed by atoms with Crippen LogP contribution in [-0.4, -0.2) is 11.1 Å². The van der Waals surface area contributed by atoms with Gasteiger partial charge in [0, 0.05) is 0 Å². The quantitative estimate of drug-likeness (QED) is 0.611. The Kier molecular flexibility index (Phi) is 1.38. The van der Waals surface area contributed by atoms with Gasteiger partial charge in [0.25, 0.3) is 0 Å². The number of benzene rings is 1. The van der Waals surface area contributed by atoms with E-state index in [9.17, 15) is 4.79 Å². The monoisotopic (exact) mass is 167 g/mol. The summed E-state index contributed by atoms with van der Waals surface area (Å²) in [5, 5.41) is 8.70. The lowest BCUT2D eigenvalue weighted by Gasteiger charge is -1.97. The molecular weight excluding hydrogens is 162 g/mol. The van der Waals surface area contributed by atoms with Crippen LogP contribution in [-0.2, 0) is 4.99 Å². The smallest absolute Gasteiger partial charge is 0.338 e. The number of para-hydroxylation sites is 1. The van der Waals surface area contributed by atoms with Crippen molar-refractivity contribution in [3.63, 3.8) is 0 Å². The fourth-order valence-electron chi connectivity index (χ4n) is 0.991. The van der Waals surface area contributed by atoms with Crippen molar-refractivity contribution in [1.29, 1.82) is 0 Å². The Hall–Kier alpha value is -1.75. The summed E-state index contributed by atoms with van der Waals surface area (Å²) >= 11 is 0. The normalized spacial score (nSPS) is 13.0. The highest BCUT2D eigenvalue weighted by Gasteiger charge is 2.20. The predicted octanol–water partition coefficient (Wildman–Crippen LogP) is 1.04. The molecule has 0 aromatic heterocycles. The molecular formula is C7H5NO4. The van der Waals surface area contributed by atoms with Gasteiger partial charge in [0.15, 0.2) is 5.75 Å². The standard InChI is InChI=1S/C7H5NO4/c9-7(10)4-2-1-3-5-6(4)8-12-11-5/h1-3,8H,(H,9,10). The Bertz CT molecular complexity index is 336. The summed E-state index contributed by atoms with van der Waals surface area (Å²) in [6, 6.07) is 4.66. The number of anilines is 1. The van der Waals surface area contributed by atoms with Crippen LogP contribution in [0.4, 0.5) is 5.69 Å². The van der Waals surface area contributed by atoms with E-state index in [0.717, 1.165) is 0 Å². The molecule has 0 radical (unpaired) electrons. The summed E-state index contributed by atoms with van der Waals surface area (Å²) < 4.78 is 0. The van der Waals surface area contributed by atoms with E-state index in [4.69, 9.17) is 5.11 Å². The number of fused-ring (bicyclic) bond motifs is 1. The van der Waals surface area contributed by atoms with Crippen molar-refractivity contribution in [3.8, 4) is 5.75 Å². The summed E-state index contributed by atoms with van der Waals surface area (Å²) in [5.74, 6) is -0.636. The molecule has 0 aliphatic carbocycles. The summed E-state index contributed by atoms with van der Waals surface area (Å²) in [6.07, 6.45) is 0. The zero-order valence-corrected chi connectivity index (χ0v) is 5.90. The van der Waals surface area contributed by atoms with Gasteiger partial charge in [-0.15, -0.1) is 0 Å². The number of carbonyl (C=O) groups is 1. The van der Waals surface area contributed by atoms with E-state index < -0.39 is 5.97 Å². The van der Waals surface area contributed by atoms with Gasteiger partial charge in [-0.1, -0.05) is 11.1 Å². The highest BCUT2D eigenvalue weighted by Crippen LogP contribution is 2.32. The number of hydrogen-bond acceptors (Lipinski definition) is 4. The minimum Gasteiger partial charge on any atom is -0.478 e. The van der Waals surface area contributed by atoms with Gasteiger partial charge >= 0.3 is 5.97 Å². The van der Waals surface area contributed by atoms with Crippen LogP contribution in [0.15, 0.2) is 18.2 Å². The van der Waals surface area contributed by atoms with Gasteiger partial charge in [-0.3, -0.25) is 0 Å². The Morgan fingerprint density at radius 3 is 3.08 bits per heavy atom. The number of aromatic carboxylic acids is 1. The van der Waals surface area contributed by atoms with E-state index in [1.54, 1.807) is 12.1 Å². The maximum Gasteiger partial charge on any atom is 0.338 e. The van der Waals surface area contributed by atoms with Gasteiger partial charge in [-0.05, 0) is 12.1 Å². The minimum absolute atomic E-state index is 0.130. The Morgan fingerprint density at radius 2 is 2.33 bits per heavy atom. The number of rotatable bonds is 1. The molecule has 2 N–H and O–H groups in total. The van der Waals surface area contributed by atoms with E-state index in [-0.39, 0.29) is 5.56 Å². The first-order valence-corrected chi connectivity index (χ1v) is 3.25. The van der Waals surface area contributed by atoms with Crippen LogP contribution < -0.4 is 10.4 Å². The molecule has 62 valence electrons. The molecule has 0 unspecified atom stereocenters. The molecule has 5 heteroatoms. The van der Waals surface area contributed by atoms with E-state index in [1.807, 2.05) is 0 Å². The molecule has 0 saturated carbocycles. The van der Waals surface area contributed by atoms with Gasteiger partial charge in [0.1, 0.15) is 5.69 Å². The number of carboxylic acid groups (broad SMARTS) is 1. The van der Waals surface area contributed by atoms with Crippen molar-refractivity contribution in [2.24, 2.45) is 0 Å². The zero-order valence-electron chi connectivity index (χ0n) is 5.90. The molecule has 0 fully saturated rings. The van der Waals surface area contributed by atoms with Crippen molar-refractivity contribution < 1.29 is 19.8 Å². The van der Waals surface area contributed by atoms with Gasteiger partial charge in [0.05, 0.1) is 5.56 Å². The molecule has 2 rings (SSSR count). The second-order valence-electron chi connectivity index (χ2n) is 2.25. The zero-order chi connectivity index (χ0) is 8.55. The molecule has 0 amide bonds. The van der Waals surface area contributed by atoms with Crippen LogP contribution in [0.3, 0.4) is 0 Å². The molecule has 1 heterocycles. The highest BCUT2D eigenvalue weighted by atomic mass is 17.3. The van der Waals surface area contributed by atoms with Crippen LogP contribution >= 0.6 is 0 Å². The van der Waals surface area contributed by atoms with Gasteiger partial charge in [-0.25, -0.2) is 10.3 Å². The third-order valence-electron chi connectivity index (χ3n) is 1.53. The van der Waals surface area contributed by atoms with Crippen LogP contribution in [0.2, 0.25) is 0 Å². The van der Waals surface area contributed by atoms with Crippen molar-refractivity contribution in [3.05, 3.63) is 23.8 Å². The largest absolute Gasteiger partial charge is 0.478 e. The second-order valence-corrected chi connectivity index (χ2v) is 2.25. The summed E-state index contributed by atoms with van der Waals surface area (Å²) in [4.78, 5) is 19.6. The molecule has 0 saturated heterocycles. The topological polar surface area (TPSA) is 67.8 Å². The molecule has 0 spiro atoms. The van der Waals surface area contributed by atoms with Gasteiger partial charge in [-0.2, -0.15) is 0 Å². The second kappa shape index (κ2) is 2.38. The number of carboxylic acids is 1. The third kappa shape index (κ3) is 0.876. The molecule has 0 bridgehead atoms. The minimum atomic E-state index is -1.02. The Balaban J connectivity index is 2.56. The summed E-state index contributed by atoms with van der Waals surface area (Å²) in [6.45, 7) is 0. The maximum absolute atomic E-state index is 10.6. The van der Waals surface area contributed by atoms with Crippen LogP contribution in [0.5, 0.6) is 5.75 Å². The van der Waals surface area contributed by atoms with E-state index in [1.165, 1.54) is 6.07 Å². The summed E-state index contributed by atoms with van der Waals surface area (Å²) in [7, 11) is 0. The molecule has 1 aliphatic heterocycles. The van der Waals surface area contributed by atoms with Crippen molar-refractivity contribution in [2.75, 3.05) is 5.48 Å². The molecule has 1 aromatic rings. The molecule has 5 nitrogen and oxygen atoms in total. The summed E-state index contributed by atoms with van der Waals surface area (Å²) in [5.41, 5.74) is 2.83. The predicted molar refractivity (Wildman–Crippen MR) is 38.7 cm³/mol. The first kappa shape index (κ1) is 6.93. The average molecular weight is 167 g/mol. The van der Waals surface area contributed by atoms with Crippen molar-refractivity contribution in [1.82, 2.24) is 0 Å². The molecule has 1 aliphatic rings. The Labute approximate surface area is 67.4 Å². The third-order valence-corrected chi connectivity index (χ3v) is 1.53. The fourth-order valence-corrected chi connectivity index (χ4v) is 0.991. The molecule has 0 atom stereocenters. The molecule has 1 aromatic carbocycles. The van der Waals surface area contributed by atoms with Gasteiger partial charge < -0.3 is 9.99 Å². The number of nitrogens with one attached hydrogen (secondary N) is 1. The first-order valence-electron chi connectivity index (χ1n) is 3.25. The average Bonchev–Trinajstić information content (AvgIpc) is 2.49. The molecule has 12 heavy (non-hydrogen) atoms. The van der Waals surface area contributed by atoms with Gasteiger partial charge in [0.2, 0.25) is 0 Å². The highest BCUT2D eigenvalue weighted by molar-refractivity contribution is 5.95. The van der Waals surface area contributed by atoms with Crippen LogP contribution in [0.25, 0.3) is 0 Å². The van der Waals surface area contributed by atoms with Crippen LogP contribution in [0.1, 0.15) is 10.4 Å². The SMILES string of the molecule is O=C(O)c1cccc2c1NOO2. The van der Waals surface area contributed by atoms with Crippen LogP contribution in [0, 0.1) is 0 Å². The van der Waals surface area contributed by atoms with E-state index in [0.29, 0.717) is 11.4 Å². The number of hydrogen-bond donors (Lipinski definition) is 2. The lowest BCUT2D eigenvalue weighted by atomic mass is 10.2.